The Morgan fingerprint density at radius 1 is 1.12 bits per heavy atom. The van der Waals surface area contributed by atoms with Gasteiger partial charge in [0.1, 0.15) is 29.5 Å². The highest BCUT2D eigenvalue weighted by Crippen LogP contribution is 2.34. The molecular formula is C26H28N2O5. The zero-order chi connectivity index (χ0) is 23.6. The molecular weight excluding hydrogens is 420 g/mol. The first-order valence-electron chi connectivity index (χ1n) is 10.9. The van der Waals surface area contributed by atoms with Gasteiger partial charge in [-0.05, 0) is 32.9 Å². The van der Waals surface area contributed by atoms with E-state index < -0.39 is 17.7 Å². The topological polar surface area (TPSA) is 78.0 Å². The van der Waals surface area contributed by atoms with Crippen LogP contribution in [0, 0.1) is 0 Å². The van der Waals surface area contributed by atoms with E-state index in [0.717, 1.165) is 28.4 Å². The monoisotopic (exact) mass is 448 g/mol. The number of fused-ring (bicyclic) bond motifs is 1. The van der Waals surface area contributed by atoms with Crippen molar-refractivity contribution in [1.82, 2.24) is 9.88 Å². The van der Waals surface area contributed by atoms with Gasteiger partial charge in [-0.15, -0.1) is 0 Å². The lowest BCUT2D eigenvalue weighted by Gasteiger charge is -2.26. The molecule has 2 aromatic carbocycles. The van der Waals surface area contributed by atoms with Crippen LogP contribution in [0.4, 0.5) is 4.79 Å². The number of likely N-dealkylation sites (tertiary alicyclic amines) is 1. The highest BCUT2D eigenvalue weighted by Gasteiger charge is 2.38. The Balaban J connectivity index is 1.66. The van der Waals surface area contributed by atoms with Gasteiger partial charge < -0.3 is 19.0 Å². The fourth-order valence-electron chi connectivity index (χ4n) is 3.91. The summed E-state index contributed by atoms with van der Waals surface area (Å²) in [6, 6.07) is 16.8. The van der Waals surface area contributed by atoms with Crippen molar-refractivity contribution in [3.63, 3.8) is 0 Å². The van der Waals surface area contributed by atoms with Gasteiger partial charge in [-0.1, -0.05) is 30.3 Å². The van der Waals surface area contributed by atoms with E-state index in [9.17, 15) is 9.59 Å². The molecule has 7 heteroatoms. The Bertz CT molecular complexity index is 1160. The number of aldehydes is 1. The number of rotatable bonds is 5. The van der Waals surface area contributed by atoms with Gasteiger partial charge in [0.15, 0.2) is 0 Å². The molecule has 2 heterocycles. The van der Waals surface area contributed by atoms with E-state index in [2.05, 4.69) is 0 Å². The van der Waals surface area contributed by atoms with Crippen LogP contribution in [0.5, 0.6) is 11.5 Å². The molecule has 0 spiro atoms. The number of hydrogen-bond acceptors (Lipinski definition) is 6. The number of pyridine rings is 1. The summed E-state index contributed by atoms with van der Waals surface area (Å²) in [4.78, 5) is 30.5. The average molecular weight is 449 g/mol. The second kappa shape index (κ2) is 9.10. The van der Waals surface area contributed by atoms with E-state index in [1.54, 1.807) is 27.9 Å². The highest BCUT2D eigenvalue weighted by atomic mass is 16.6. The number of ether oxygens (including phenoxy) is 3. The van der Waals surface area contributed by atoms with Gasteiger partial charge in [0.25, 0.3) is 0 Å². The molecule has 4 rings (SSSR count). The van der Waals surface area contributed by atoms with Crippen molar-refractivity contribution in [2.75, 3.05) is 13.7 Å². The maximum Gasteiger partial charge on any atom is 0.411 e. The largest absolute Gasteiger partial charge is 0.497 e. The number of aromatic nitrogens is 1. The molecule has 0 radical (unpaired) electrons. The van der Waals surface area contributed by atoms with E-state index in [1.165, 1.54) is 4.90 Å². The van der Waals surface area contributed by atoms with Gasteiger partial charge in [0.2, 0.25) is 0 Å². The van der Waals surface area contributed by atoms with Crippen LogP contribution >= 0.6 is 0 Å². The molecule has 3 aromatic rings. The van der Waals surface area contributed by atoms with Crippen molar-refractivity contribution >= 4 is 23.3 Å². The molecule has 172 valence electrons. The van der Waals surface area contributed by atoms with Gasteiger partial charge in [-0.2, -0.15) is 0 Å². The van der Waals surface area contributed by atoms with E-state index in [0.29, 0.717) is 17.9 Å². The summed E-state index contributed by atoms with van der Waals surface area (Å²) >= 11 is 0. The van der Waals surface area contributed by atoms with Crippen LogP contribution in [-0.4, -0.2) is 53.7 Å². The number of hydrogen-bond donors (Lipinski definition) is 0. The summed E-state index contributed by atoms with van der Waals surface area (Å²) in [5.74, 6) is 1.34. The van der Waals surface area contributed by atoms with Crippen molar-refractivity contribution in [2.24, 2.45) is 0 Å². The Hall–Kier alpha value is -3.61. The molecule has 33 heavy (non-hydrogen) atoms. The molecule has 1 saturated heterocycles. The number of carbonyl (C=O) groups is 2. The van der Waals surface area contributed by atoms with Crippen molar-refractivity contribution in [3.8, 4) is 22.8 Å². The number of carbonyl (C=O) groups excluding carboxylic acids is 2. The first-order chi connectivity index (χ1) is 15.8. The van der Waals surface area contributed by atoms with E-state index in [1.807, 2.05) is 54.6 Å². The van der Waals surface area contributed by atoms with E-state index in [-0.39, 0.29) is 12.6 Å². The summed E-state index contributed by atoms with van der Waals surface area (Å²) in [6.45, 7) is 5.66. The van der Waals surface area contributed by atoms with Crippen LogP contribution in [0.3, 0.4) is 0 Å². The molecule has 0 N–H and O–H groups in total. The van der Waals surface area contributed by atoms with Gasteiger partial charge >= 0.3 is 6.09 Å². The smallest absolute Gasteiger partial charge is 0.411 e. The minimum atomic E-state index is -0.644. The Morgan fingerprint density at radius 3 is 2.55 bits per heavy atom. The normalized spacial score (nSPS) is 18.2. The number of methoxy groups -OCH3 is 1. The summed E-state index contributed by atoms with van der Waals surface area (Å²) in [5.41, 5.74) is 1.81. The predicted octanol–water partition coefficient (Wildman–Crippen LogP) is 4.87. The van der Waals surface area contributed by atoms with Gasteiger partial charge in [0.05, 0.1) is 30.9 Å². The van der Waals surface area contributed by atoms with Crippen LogP contribution in [0.25, 0.3) is 22.2 Å². The molecule has 2 atom stereocenters. The lowest BCUT2D eigenvalue weighted by molar-refractivity contribution is -0.111. The molecule has 1 aromatic heterocycles. The molecule has 0 unspecified atom stereocenters. The fraction of sp³-hybridized carbons (Fsp3) is 0.346. The average Bonchev–Trinajstić information content (AvgIpc) is 3.21. The molecule has 1 fully saturated rings. The van der Waals surface area contributed by atoms with Crippen LogP contribution < -0.4 is 9.47 Å². The number of amides is 1. The van der Waals surface area contributed by atoms with E-state index >= 15 is 0 Å². The Labute approximate surface area is 193 Å². The summed E-state index contributed by atoms with van der Waals surface area (Å²) < 4.78 is 17.2. The Kier molecular flexibility index (Phi) is 6.22. The molecule has 1 amide bonds. The molecule has 1 aliphatic heterocycles. The predicted molar refractivity (Wildman–Crippen MR) is 126 cm³/mol. The van der Waals surface area contributed by atoms with Gasteiger partial charge in [-0.25, -0.2) is 9.78 Å². The van der Waals surface area contributed by atoms with Crippen molar-refractivity contribution < 1.29 is 23.8 Å². The molecule has 7 nitrogen and oxygen atoms in total. The third-order valence-corrected chi connectivity index (χ3v) is 5.43. The number of benzene rings is 2. The van der Waals surface area contributed by atoms with Crippen molar-refractivity contribution in [2.45, 2.75) is 44.9 Å². The highest BCUT2D eigenvalue weighted by molar-refractivity contribution is 5.89. The zero-order valence-electron chi connectivity index (χ0n) is 19.3. The molecule has 1 aliphatic rings. The van der Waals surface area contributed by atoms with Gasteiger partial charge in [-0.3, -0.25) is 4.90 Å². The minimum Gasteiger partial charge on any atom is -0.497 e. The SMILES string of the molecule is COc1ccc2c(O[C@@H]3C[C@@H](C=O)N(C(=O)OC(C)(C)C)C3)cc(-c3ccccc3)nc2c1. The summed E-state index contributed by atoms with van der Waals surface area (Å²) in [6.07, 6.45) is 0.297. The van der Waals surface area contributed by atoms with Crippen LogP contribution in [-0.2, 0) is 9.53 Å². The maximum absolute atomic E-state index is 12.6. The van der Waals surface area contributed by atoms with Gasteiger partial charge in [0, 0.05) is 29.5 Å². The lowest BCUT2D eigenvalue weighted by Crippen LogP contribution is -2.41. The summed E-state index contributed by atoms with van der Waals surface area (Å²) in [7, 11) is 1.61. The number of nitrogens with zero attached hydrogens (tertiary/aromatic N) is 2. The van der Waals surface area contributed by atoms with Crippen LogP contribution in [0.15, 0.2) is 54.6 Å². The lowest BCUT2D eigenvalue weighted by atomic mass is 10.1. The standard InChI is InChI=1S/C26H28N2O5/c1-26(2,3)33-25(30)28-15-20(12-18(28)16-29)32-24-14-22(17-8-6-5-7-9-17)27-23-13-19(31-4)10-11-21(23)24/h5-11,13-14,16,18,20H,12,15H2,1-4H3/t18-,20+/m0/s1. The molecule has 0 aliphatic carbocycles. The van der Waals surface area contributed by atoms with Crippen LogP contribution in [0.2, 0.25) is 0 Å². The van der Waals surface area contributed by atoms with E-state index in [4.69, 9.17) is 19.2 Å². The second-order valence-corrected chi connectivity index (χ2v) is 9.07. The summed E-state index contributed by atoms with van der Waals surface area (Å²) in [5, 5.41) is 0.828. The van der Waals surface area contributed by atoms with Crippen LogP contribution in [0.1, 0.15) is 27.2 Å². The second-order valence-electron chi connectivity index (χ2n) is 9.07. The zero-order valence-corrected chi connectivity index (χ0v) is 19.3. The third kappa shape index (κ3) is 5.08. The quantitative estimate of drug-likeness (QED) is 0.519. The minimum absolute atomic E-state index is 0.263. The maximum atomic E-state index is 12.6. The van der Waals surface area contributed by atoms with Crippen molar-refractivity contribution in [1.29, 1.82) is 0 Å². The van der Waals surface area contributed by atoms with Crippen molar-refractivity contribution in [3.05, 3.63) is 54.6 Å². The fourth-order valence-corrected chi connectivity index (χ4v) is 3.91. The molecule has 0 bridgehead atoms. The third-order valence-electron chi connectivity index (χ3n) is 5.43. The first-order valence-corrected chi connectivity index (χ1v) is 10.9. The molecule has 0 saturated carbocycles. The Morgan fingerprint density at radius 2 is 1.88 bits per heavy atom. The first kappa shape index (κ1) is 22.6.